The summed E-state index contributed by atoms with van der Waals surface area (Å²) in [6.07, 6.45) is 3.63. The molecule has 1 aromatic heterocycles. The molecule has 0 spiro atoms. The topological polar surface area (TPSA) is 37.4 Å². The second-order valence-corrected chi connectivity index (χ2v) is 5.85. The fourth-order valence-electron chi connectivity index (χ4n) is 2.82. The van der Waals surface area contributed by atoms with Gasteiger partial charge < -0.3 is 10.1 Å². The summed E-state index contributed by atoms with van der Waals surface area (Å²) < 4.78 is 6.01. The van der Waals surface area contributed by atoms with Crippen LogP contribution in [0.15, 0.2) is 48.8 Å². The molecule has 1 saturated heterocycles. The summed E-state index contributed by atoms with van der Waals surface area (Å²) in [4.78, 5) is 6.61. The molecule has 4 nitrogen and oxygen atoms in total. The Labute approximate surface area is 144 Å². The molecular weight excluding hydrogens is 310 g/mol. The van der Waals surface area contributed by atoms with Gasteiger partial charge in [0.15, 0.2) is 0 Å². The Morgan fingerprint density at radius 3 is 2.91 bits per heavy atom. The first kappa shape index (κ1) is 17.7. The van der Waals surface area contributed by atoms with Crippen molar-refractivity contribution in [3.05, 3.63) is 59.9 Å². The second-order valence-electron chi connectivity index (χ2n) is 5.85. The van der Waals surface area contributed by atoms with Crippen molar-refractivity contribution in [3.8, 4) is 5.75 Å². The molecule has 2 heterocycles. The highest BCUT2D eigenvalue weighted by molar-refractivity contribution is 5.85. The molecule has 1 atom stereocenters. The second kappa shape index (κ2) is 8.87. The van der Waals surface area contributed by atoms with Crippen LogP contribution in [-0.2, 0) is 13.2 Å². The van der Waals surface area contributed by atoms with Crippen molar-refractivity contribution in [2.75, 3.05) is 19.6 Å². The van der Waals surface area contributed by atoms with Crippen molar-refractivity contribution in [3.63, 3.8) is 0 Å². The average Bonchev–Trinajstić information content (AvgIpc) is 2.55. The first-order valence-electron chi connectivity index (χ1n) is 7.86. The number of aromatic nitrogens is 1. The van der Waals surface area contributed by atoms with Gasteiger partial charge in [0, 0.05) is 55.7 Å². The minimum Gasteiger partial charge on any atom is -0.489 e. The summed E-state index contributed by atoms with van der Waals surface area (Å²) in [5.41, 5.74) is 2.34. The van der Waals surface area contributed by atoms with Crippen molar-refractivity contribution in [2.24, 2.45) is 0 Å². The van der Waals surface area contributed by atoms with E-state index in [0.717, 1.165) is 37.5 Å². The molecule has 1 aliphatic heterocycles. The summed E-state index contributed by atoms with van der Waals surface area (Å²) in [5, 5.41) is 3.48. The third kappa shape index (κ3) is 5.20. The fourth-order valence-corrected chi connectivity index (χ4v) is 2.82. The van der Waals surface area contributed by atoms with E-state index in [-0.39, 0.29) is 12.4 Å². The zero-order valence-electron chi connectivity index (χ0n) is 13.4. The molecule has 2 aromatic rings. The number of pyridine rings is 1. The number of halogens is 1. The van der Waals surface area contributed by atoms with Crippen LogP contribution in [0.2, 0.25) is 0 Å². The molecule has 0 aliphatic carbocycles. The van der Waals surface area contributed by atoms with Gasteiger partial charge in [-0.2, -0.15) is 0 Å². The van der Waals surface area contributed by atoms with Crippen molar-refractivity contribution >= 4 is 12.4 Å². The van der Waals surface area contributed by atoms with Crippen LogP contribution in [0, 0.1) is 0 Å². The molecule has 0 bridgehead atoms. The predicted molar refractivity (Wildman–Crippen MR) is 95.0 cm³/mol. The SMILES string of the molecule is C[C@@H]1CN(Cc2ccccc2OCc2cccnc2)CCN1.Cl. The van der Waals surface area contributed by atoms with Crippen LogP contribution < -0.4 is 10.1 Å². The molecule has 1 fully saturated rings. The van der Waals surface area contributed by atoms with Gasteiger partial charge in [0.05, 0.1) is 0 Å². The van der Waals surface area contributed by atoms with E-state index in [9.17, 15) is 0 Å². The third-order valence-electron chi connectivity index (χ3n) is 3.94. The van der Waals surface area contributed by atoms with Gasteiger partial charge in [-0.3, -0.25) is 9.88 Å². The number of piperazine rings is 1. The Bertz CT molecular complexity index is 594. The van der Waals surface area contributed by atoms with Gasteiger partial charge in [-0.15, -0.1) is 12.4 Å². The van der Waals surface area contributed by atoms with Crippen molar-refractivity contribution < 1.29 is 4.74 Å². The van der Waals surface area contributed by atoms with Crippen LogP contribution in [0.3, 0.4) is 0 Å². The molecule has 0 saturated carbocycles. The van der Waals surface area contributed by atoms with E-state index in [1.807, 2.05) is 24.4 Å². The van der Waals surface area contributed by atoms with Gasteiger partial charge in [-0.25, -0.2) is 0 Å². The van der Waals surface area contributed by atoms with Crippen LogP contribution in [0.25, 0.3) is 0 Å². The maximum absolute atomic E-state index is 6.01. The number of para-hydroxylation sites is 1. The number of hydrogen-bond donors (Lipinski definition) is 1. The van der Waals surface area contributed by atoms with E-state index in [1.54, 1.807) is 6.20 Å². The highest BCUT2D eigenvalue weighted by atomic mass is 35.5. The van der Waals surface area contributed by atoms with Crippen LogP contribution in [0.5, 0.6) is 5.75 Å². The summed E-state index contributed by atoms with van der Waals surface area (Å²) in [6, 6.07) is 12.8. The number of nitrogens with zero attached hydrogens (tertiary/aromatic N) is 2. The molecule has 23 heavy (non-hydrogen) atoms. The van der Waals surface area contributed by atoms with Crippen molar-refractivity contribution in [1.29, 1.82) is 0 Å². The summed E-state index contributed by atoms with van der Waals surface area (Å²) in [6.45, 7) is 6.95. The van der Waals surface area contributed by atoms with E-state index in [2.05, 4.69) is 40.3 Å². The maximum atomic E-state index is 6.01. The Hall–Kier alpha value is -1.62. The molecule has 124 valence electrons. The Kier molecular flexibility index (Phi) is 6.84. The van der Waals surface area contributed by atoms with Crippen LogP contribution >= 0.6 is 12.4 Å². The highest BCUT2D eigenvalue weighted by Gasteiger charge is 2.17. The first-order chi connectivity index (χ1) is 10.8. The first-order valence-corrected chi connectivity index (χ1v) is 7.86. The van der Waals surface area contributed by atoms with E-state index >= 15 is 0 Å². The predicted octanol–water partition coefficient (Wildman–Crippen LogP) is 2.88. The lowest BCUT2D eigenvalue weighted by molar-refractivity contribution is 0.195. The molecule has 1 N–H and O–H groups in total. The molecule has 0 amide bonds. The summed E-state index contributed by atoms with van der Waals surface area (Å²) >= 11 is 0. The van der Waals surface area contributed by atoms with E-state index in [4.69, 9.17) is 4.74 Å². The minimum absolute atomic E-state index is 0. The average molecular weight is 334 g/mol. The van der Waals surface area contributed by atoms with E-state index in [0.29, 0.717) is 12.6 Å². The molecule has 3 rings (SSSR count). The monoisotopic (exact) mass is 333 g/mol. The lowest BCUT2D eigenvalue weighted by Crippen LogP contribution is -2.48. The smallest absolute Gasteiger partial charge is 0.124 e. The molecule has 0 radical (unpaired) electrons. The summed E-state index contributed by atoms with van der Waals surface area (Å²) in [7, 11) is 0. The molecule has 1 aliphatic rings. The quantitative estimate of drug-likeness (QED) is 0.913. The molecule has 0 unspecified atom stereocenters. The van der Waals surface area contributed by atoms with Gasteiger partial charge in [-0.05, 0) is 19.1 Å². The van der Waals surface area contributed by atoms with Crippen molar-refractivity contribution in [2.45, 2.75) is 26.1 Å². The minimum atomic E-state index is 0. The zero-order chi connectivity index (χ0) is 15.2. The standard InChI is InChI=1S/C18H23N3O.ClH/c1-15-12-21(10-9-20-15)13-17-6-2-3-7-18(17)22-14-16-5-4-8-19-11-16;/h2-8,11,15,20H,9-10,12-14H2,1H3;1H/t15-;/m1./s1. The maximum Gasteiger partial charge on any atom is 0.124 e. The van der Waals surface area contributed by atoms with E-state index < -0.39 is 0 Å². The Balaban J connectivity index is 0.00000192. The van der Waals surface area contributed by atoms with Crippen LogP contribution in [-0.4, -0.2) is 35.6 Å². The van der Waals surface area contributed by atoms with E-state index in [1.165, 1.54) is 5.56 Å². The number of ether oxygens (including phenoxy) is 1. The summed E-state index contributed by atoms with van der Waals surface area (Å²) in [5.74, 6) is 0.970. The van der Waals surface area contributed by atoms with Crippen LogP contribution in [0.1, 0.15) is 18.1 Å². The third-order valence-corrected chi connectivity index (χ3v) is 3.94. The zero-order valence-corrected chi connectivity index (χ0v) is 14.3. The number of rotatable bonds is 5. The molecule has 5 heteroatoms. The number of hydrogen-bond acceptors (Lipinski definition) is 4. The molecular formula is C18H24ClN3O. The fraction of sp³-hybridized carbons (Fsp3) is 0.389. The highest BCUT2D eigenvalue weighted by Crippen LogP contribution is 2.21. The van der Waals surface area contributed by atoms with Gasteiger partial charge in [0.1, 0.15) is 12.4 Å². The van der Waals surface area contributed by atoms with Crippen molar-refractivity contribution in [1.82, 2.24) is 15.2 Å². The Morgan fingerprint density at radius 2 is 2.13 bits per heavy atom. The largest absolute Gasteiger partial charge is 0.489 e. The number of nitrogens with one attached hydrogen (secondary N) is 1. The van der Waals surface area contributed by atoms with Gasteiger partial charge in [0.2, 0.25) is 0 Å². The van der Waals surface area contributed by atoms with Gasteiger partial charge in [0.25, 0.3) is 0 Å². The Morgan fingerprint density at radius 1 is 1.26 bits per heavy atom. The van der Waals surface area contributed by atoms with Gasteiger partial charge >= 0.3 is 0 Å². The lowest BCUT2D eigenvalue weighted by Gasteiger charge is -2.32. The van der Waals surface area contributed by atoms with Crippen LogP contribution in [0.4, 0.5) is 0 Å². The normalized spacial score (nSPS) is 18.2. The number of benzene rings is 1. The van der Waals surface area contributed by atoms with Gasteiger partial charge in [-0.1, -0.05) is 24.3 Å². The molecule has 1 aromatic carbocycles. The lowest BCUT2D eigenvalue weighted by atomic mass is 10.1.